The number of carbonyl (C=O) groups excluding carboxylic acids is 2. The number of nitrogens with two attached hydrogens (primary N) is 1. The van der Waals surface area contributed by atoms with Crippen LogP contribution in [-0.2, 0) is 0 Å². The largest absolute Gasteiger partial charge is 0.451 e. The molecule has 0 aliphatic carbocycles. The van der Waals surface area contributed by atoms with E-state index in [1.807, 2.05) is 25.1 Å². The van der Waals surface area contributed by atoms with Gasteiger partial charge in [0.05, 0.1) is 11.9 Å². The maximum absolute atomic E-state index is 12.6. The van der Waals surface area contributed by atoms with Crippen molar-refractivity contribution in [1.82, 2.24) is 4.98 Å². The van der Waals surface area contributed by atoms with Crippen LogP contribution in [0.1, 0.15) is 26.5 Å². The number of hydrogen-bond donors (Lipinski definition) is 2. The highest BCUT2D eigenvalue weighted by atomic mass is 79.9. The third-order valence-corrected chi connectivity index (χ3v) is 4.93. The highest BCUT2D eigenvalue weighted by Gasteiger charge is 2.18. The summed E-state index contributed by atoms with van der Waals surface area (Å²) < 4.78 is 12.2. The van der Waals surface area contributed by atoms with Gasteiger partial charge < -0.3 is 20.2 Å². The van der Waals surface area contributed by atoms with Gasteiger partial charge in [-0.05, 0) is 49.4 Å². The van der Waals surface area contributed by atoms with Crippen LogP contribution in [0.5, 0.6) is 11.6 Å². The van der Waals surface area contributed by atoms with Crippen LogP contribution in [0, 0.1) is 6.92 Å². The summed E-state index contributed by atoms with van der Waals surface area (Å²) in [6, 6.07) is 15.3. The molecular weight excluding hydrogens is 450 g/mol. The molecule has 8 heteroatoms. The Morgan fingerprint density at radius 1 is 1.13 bits per heavy atom. The number of benzene rings is 2. The molecule has 0 spiro atoms. The Hall–Kier alpha value is -3.65. The summed E-state index contributed by atoms with van der Waals surface area (Å²) in [7, 11) is 0. The summed E-state index contributed by atoms with van der Waals surface area (Å²) in [5.74, 6) is 0.0647. The fourth-order valence-electron chi connectivity index (χ4n) is 2.95. The first-order valence-electron chi connectivity index (χ1n) is 8.94. The second kappa shape index (κ2) is 8.00. The third-order valence-electron chi connectivity index (χ3n) is 4.44. The van der Waals surface area contributed by atoms with E-state index in [-0.39, 0.29) is 11.7 Å². The smallest absolute Gasteiger partial charge is 0.291 e. The van der Waals surface area contributed by atoms with Gasteiger partial charge in [-0.3, -0.25) is 9.59 Å². The molecule has 2 aromatic carbocycles. The lowest BCUT2D eigenvalue weighted by Crippen LogP contribution is -2.12. The van der Waals surface area contributed by atoms with E-state index >= 15 is 0 Å². The van der Waals surface area contributed by atoms with Crippen molar-refractivity contribution in [1.29, 1.82) is 0 Å². The van der Waals surface area contributed by atoms with Crippen molar-refractivity contribution in [3.63, 3.8) is 0 Å². The van der Waals surface area contributed by atoms with Crippen molar-refractivity contribution in [2.45, 2.75) is 6.92 Å². The zero-order chi connectivity index (χ0) is 21.3. The summed E-state index contributed by atoms with van der Waals surface area (Å²) in [5.41, 5.74) is 7.49. The number of carbonyl (C=O) groups is 2. The van der Waals surface area contributed by atoms with E-state index < -0.39 is 5.91 Å². The number of fused-ring (bicyclic) bond motifs is 1. The van der Waals surface area contributed by atoms with Crippen molar-refractivity contribution in [3.8, 4) is 11.6 Å². The fraction of sp³-hybridized carbons (Fsp3) is 0.0455. The lowest BCUT2D eigenvalue weighted by Gasteiger charge is -2.07. The second-order valence-electron chi connectivity index (χ2n) is 6.53. The predicted molar refractivity (Wildman–Crippen MR) is 116 cm³/mol. The summed E-state index contributed by atoms with van der Waals surface area (Å²) >= 11 is 3.42. The molecule has 4 aromatic rings. The van der Waals surface area contributed by atoms with Crippen molar-refractivity contribution in [3.05, 3.63) is 82.2 Å². The number of hydrogen-bond acceptors (Lipinski definition) is 5. The Bertz CT molecular complexity index is 1270. The van der Waals surface area contributed by atoms with Crippen molar-refractivity contribution < 1.29 is 18.7 Å². The standard InChI is InChI=1S/C22H16BrN3O4/c1-12-17-10-14(23)5-7-18(17)30-20(12)22(28)26-15-6-8-19(25-11-15)29-16-4-2-3-13(9-16)21(24)27/h2-11H,1H3,(H2,24,27)(H,26,28). The highest BCUT2D eigenvalue weighted by molar-refractivity contribution is 9.10. The number of primary amides is 1. The Labute approximate surface area is 180 Å². The third kappa shape index (κ3) is 4.04. The molecule has 30 heavy (non-hydrogen) atoms. The quantitative estimate of drug-likeness (QED) is 0.429. The number of pyridine rings is 1. The second-order valence-corrected chi connectivity index (χ2v) is 7.45. The van der Waals surface area contributed by atoms with Crippen LogP contribution in [0.15, 0.2) is 69.7 Å². The van der Waals surface area contributed by atoms with Crippen LogP contribution in [0.2, 0.25) is 0 Å². The van der Waals surface area contributed by atoms with Crippen LogP contribution < -0.4 is 15.8 Å². The number of nitrogens with one attached hydrogen (secondary N) is 1. The summed E-state index contributed by atoms with van der Waals surface area (Å²) in [6.45, 7) is 1.84. The van der Waals surface area contributed by atoms with E-state index in [4.69, 9.17) is 14.9 Å². The lowest BCUT2D eigenvalue weighted by molar-refractivity contribution is 0.0991. The average Bonchev–Trinajstić information content (AvgIpc) is 3.06. The van der Waals surface area contributed by atoms with E-state index in [0.29, 0.717) is 28.5 Å². The predicted octanol–water partition coefficient (Wildman–Crippen LogP) is 5.04. The van der Waals surface area contributed by atoms with Crippen LogP contribution in [-0.4, -0.2) is 16.8 Å². The van der Waals surface area contributed by atoms with Crippen molar-refractivity contribution in [2.75, 3.05) is 5.32 Å². The van der Waals surface area contributed by atoms with Gasteiger partial charge in [-0.1, -0.05) is 22.0 Å². The van der Waals surface area contributed by atoms with Gasteiger partial charge in [-0.2, -0.15) is 0 Å². The minimum atomic E-state index is -0.542. The van der Waals surface area contributed by atoms with Gasteiger partial charge in [-0.25, -0.2) is 4.98 Å². The highest BCUT2D eigenvalue weighted by Crippen LogP contribution is 2.29. The minimum absolute atomic E-state index is 0.242. The summed E-state index contributed by atoms with van der Waals surface area (Å²) in [4.78, 5) is 28.1. The summed E-state index contributed by atoms with van der Waals surface area (Å²) in [5, 5.41) is 3.64. The molecule has 2 heterocycles. The molecule has 0 unspecified atom stereocenters. The minimum Gasteiger partial charge on any atom is -0.451 e. The molecule has 2 aromatic heterocycles. The van der Waals surface area contributed by atoms with Crippen LogP contribution in [0.4, 0.5) is 5.69 Å². The molecule has 0 radical (unpaired) electrons. The van der Waals surface area contributed by atoms with Crippen molar-refractivity contribution in [2.24, 2.45) is 5.73 Å². The molecule has 0 bridgehead atoms. The molecular formula is C22H16BrN3O4. The molecule has 4 rings (SSSR count). The van der Waals surface area contributed by atoms with E-state index in [2.05, 4.69) is 26.2 Å². The zero-order valence-corrected chi connectivity index (χ0v) is 17.4. The molecule has 0 saturated heterocycles. The maximum Gasteiger partial charge on any atom is 0.291 e. The monoisotopic (exact) mass is 465 g/mol. The average molecular weight is 466 g/mol. The molecule has 0 saturated carbocycles. The number of amides is 2. The number of ether oxygens (including phenoxy) is 1. The van der Waals surface area contributed by atoms with Crippen LogP contribution in [0.3, 0.4) is 0 Å². The van der Waals surface area contributed by atoms with Gasteiger partial charge in [0, 0.05) is 27.1 Å². The molecule has 0 aliphatic rings. The van der Waals surface area contributed by atoms with Gasteiger partial charge >= 0.3 is 0 Å². The number of aryl methyl sites for hydroxylation is 1. The van der Waals surface area contributed by atoms with E-state index in [1.54, 1.807) is 30.3 Å². The number of anilines is 1. The number of furan rings is 1. The number of aromatic nitrogens is 1. The molecule has 3 N–H and O–H groups in total. The van der Waals surface area contributed by atoms with Crippen LogP contribution >= 0.6 is 15.9 Å². The molecule has 2 amide bonds. The van der Waals surface area contributed by atoms with Gasteiger partial charge in [0.15, 0.2) is 5.76 Å². The molecule has 0 aliphatic heterocycles. The van der Waals surface area contributed by atoms with Crippen molar-refractivity contribution >= 4 is 44.4 Å². The molecule has 150 valence electrons. The number of nitrogens with zero attached hydrogens (tertiary/aromatic N) is 1. The Balaban J connectivity index is 1.48. The molecule has 0 fully saturated rings. The lowest BCUT2D eigenvalue weighted by atomic mass is 10.1. The van der Waals surface area contributed by atoms with E-state index in [1.165, 1.54) is 12.3 Å². The Kier molecular flexibility index (Phi) is 5.24. The first-order valence-corrected chi connectivity index (χ1v) is 9.74. The first-order chi connectivity index (χ1) is 14.4. The fourth-order valence-corrected chi connectivity index (χ4v) is 3.31. The first kappa shape index (κ1) is 19.7. The van der Waals surface area contributed by atoms with Crippen LogP contribution in [0.25, 0.3) is 11.0 Å². The Morgan fingerprint density at radius 3 is 2.70 bits per heavy atom. The number of halogens is 1. The maximum atomic E-state index is 12.6. The Morgan fingerprint density at radius 2 is 1.97 bits per heavy atom. The molecule has 7 nitrogen and oxygen atoms in total. The van der Waals surface area contributed by atoms with E-state index in [0.717, 1.165) is 15.4 Å². The summed E-state index contributed by atoms with van der Waals surface area (Å²) in [6.07, 6.45) is 1.47. The van der Waals surface area contributed by atoms with Gasteiger partial charge in [0.25, 0.3) is 5.91 Å². The number of rotatable bonds is 5. The normalized spacial score (nSPS) is 10.7. The molecule has 0 atom stereocenters. The topological polar surface area (TPSA) is 107 Å². The SMILES string of the molecule is Cc1c(C(=O)Nc2ccc(Oc3cccc(C(N)=O)c3)nc2)oc2ccc(Br)cc12. The van der Waals surface area contributed by atoms with Gasteiger partial charge in [0.1, 0.15) is 11.3 Å². The van der Waals surface area contributed by atoms with Gasteiger partial charge in [0.2, 0.25) is 11.8 Å². The van der Waals surface area contributed by atoms with Gasteiger partial charge in [-0.15, -0.1) is 0 Å². The zero-order valence-electron chi connectivity index (χ0n) is 15.8. The van der Waals surface area contributed by atoms with E-state index in [9.17, 15) is 9.59 Å².